The average molecular weight is 395 g/mol. The number of rotatable bonds is 2. The van der Waals surface area contributed by atoms with Crippen molar-refractivity contribution in [3.8, 4) is 22.6 Å². The smallest absolute Gasteiger partial charge is 0.360 e. The van der Waals surface area contributed by atoms with E-state index >= 15 is 0 Å². The molecule has 0 amide bonds. The second-order valence-electron chi connectivity index (χ2n) is 6.48. The molecule has 3 aromatic heterocycles. The van der Waals surface area contributed by atoms with E-state index in [9.17, 15) is 13.2 Å². The zero-order valence-electron chi connectivity index (χ0n) is 15.0. The lowest BCUT2D eigenvalue weighted by atomic mass is 10.1. The third-order valence-electron chi connectivity index (χ3n) is 4.67. The molecule has 0 saturated carbocycles. The van der Waals surface area contributed by atoms with Crippen molar-refractivity contribution in [3.05, 3.63) is 66.1 Å². The molecule has 3 heterocycles. The molecule has 5 rings (SSSR count). The molecule has 6 nitrogen and oxygen atoms in total. The first-order valence-corrected chi connectivity index (χ1v) is 8.68. The number of nitrogens with zero attached hydrogens (tertiary/aromatic N) is 5. The molecular weight excluding hydrogens is 383 g/mol. The van der Waals surface area contributed by atoms with Crippen LogP contribution < -0.4 is 0 Å². The minimum atomic E-state index is -4.64. The fourth-order valence-electron chi connectivity index (χ4n) is 3.37. The van der Waals surface area contributed by atoms with Crippen molar-refractivity contribution in [2.75, 3.05) is 0 Å². The van der Waals surface area contributed by atoms with Crippen molar-refractivity contribution in [2.45, 2.75) is 13.1 Å². The molecule has 144 valence electrons. The van der Waals surface area contributed by atoms with Crippen LogP contribution in [0.1, 0.15) is 11.5 Å². The van der Waals surface area contributed by atoms with Gasteiger partial charge in [-0.3, -0.25) is 0 Å². The highest BCUT2D eigenvalue weighted by Gasteiger charge is 2.36. The van der Waals surface area contributed by atoms with E-state index in [1.165, 1.54) is 12.1 Å². The number of halogens is 3. The molecule has 0 spiro atoms. The fraction of sp³-hybridized carbons (Fsp3) is 0.100. The standard InChI is InChI=1S/C20H12F3N5O/c1-11-15(16(27-29-11)12-7-3-2-4-8-12)19-25-24-18-14-10-6-5-9-13(14)17(20(21,22)23)26-28(18)19/h2-10H,1H3. The van der Waals surface area contributed by atoms with E-state index in [0.29, 0.717) is 22.4 Å². The van der Waals surface area contributed by atoms with Gasteiger partial charge in [0.25, 0.3) is 0 Å². The number of hydrogen-bond acceptors (Lipinski definition) is 5. The maximum atomic E-state index is 13.7. The van der Waals surface area contributed by atoms with Gasteiger partial charge >= 0.3 is 6.18 Å². The molecule has 0 atom stereocenters. The zero-order chi connectivity index (χ0) is 20.2. The molecule has 0 saturated heterocycles. The molecular formula is C20H12F3N5O. The normalized spacial score (nSPS) is 12.1. The van der Waals surface area contributed by atoms with Crippen molar-refractivity contribution in [1.29, 1.82) is 0 Å². The summed E-state index contributed by atoms with van der Waals surface area (Å²) in [7, 11) is 0. The van der Waals surface area contributed by atoms with Crippen molar-refractivity contribution in [1.82, 2.24) is 25.0 Å². The number of aryl methyl sites for hydroxylation is 1. The molecule has 9 heteroatoms. The van der Waals surface area contributed by atoms with Crippen molar-refractivity contribution < 1.29 is 17.7 Å². The van der Waals surface area contributed by atoms with Gasteiger partial charge in [-0.25, -0.2) is 0 Å². The van der Waals surface area contributed by atoms with Crippen LogP contribution in [0.5, 0.6) is 0 Å². The highest BCUT2D eigenvalue weighted by molar-refractivity contribution is 5.96. The molecule has 0 aliphatic carbocycles. The summed E-state index contributed by atoms with van der Waals surface area (Å²) in [5, 5.41) is 16.5. The largest absolute Gasteiger partial charge is 0.435 e. The minimum absolute atomic E-state index is 0.0308. The van der Waals surface area contributed by atoms with Gasteiger partial charge in [-0.15, -0.1) is 10.2 Å². The van der Waals surface area contributed by atoms with Crippen molar-refractivity contribution in [3.63, 3.8) is 0 Å². The lowest BCUT2D eigenvalue weighted by Gasteiger charge is -2.10. The quantitative estimate of drug-likeness (QED) is 0.424. The number of alkyl halides is 3. The molecule has 0 aliphatic heterocycles. The molecule has 0 N–H and O–H groups in total. The number of fused-ring (bicyclic) bond motifs is 3. The second-order valence-corrected chi connectivity index (χ2v) is 6.48. The maximum Gasteiger partial charge on any atom is 0.435 e. The summed E-state index contributed by atoms with van der Waals surface area (Å²) in [4.78, 5) is 0. The first kappa shape index (κ1) is 17.4. The van der Waals surface area contributed by atoms with Crippen LogP contribution in [0.4, 0.5) is 13.2 Å². The summed E-state index contributed by atoms with van der Waals surface area (Å²) in [6, 6.07) is 15.3. The van der Waals surface area contributed by atoms with Crippen LogP contribution in [-0.4, -0.2) is 25.0 Å². The van der Waals surface area contributed by atoms with E-state index < -0.39 is 11.9 Å². The summed E-state index contributed by atoms with van der Waals surface area (Å²) in [5.41, 5.74) is 0.869. The topological polar surface area (TPSA) is 69.1 Å². The molecule has 0 unspecified atom stereocenters. The van der Waals surface area contributed by atoms with Gasteiger partial charge in [-0.1, -0.05) is 59.8 Å². The van der Waals surface area contributed by atoms with Crippen LogP contribution in [-0.2, 0) is 6.18 Å². The van der Waals surface area contributed by atoms with E-state index in [0.717, 1.165) is 10.1 Å². The van der Waals surface area contributed by atoms with Gasteiger partial charge in [0.2, 0.25) is 0 Å². The predicted octanol–water partition coefficient (Wildman–Crippen LogP) is 4.93. The Morgan fingerprint density at radius 2 is 1.59 bits per heavy atom. The molecule has 2 aromatic carbocycles. The summed E-state index contributed by atoms with van der Waals surface area (Å²) >= 11 is 0. The van der Waals surface area contributed by atoms with Gasteiger partial charge < -0.3 is 4.52 Å². The second kappa shape index (κ2) is 6.13. The number of benzene rings is 2. The van der Waals surface area contributed by atoms with Crippen LogP contribution in [0.25, 0.3) is 39.1 Å². The Hall–Kier alpha value is -3.75. The minimum Gasteiger partial charge on any atom is -0.360 e. The molecule has 29 heavy (non-hydrogen) atoms. The Kier molecular flexibility index (Phi) is 3.67. The third kappa shape index (κ3) is 2.65. The highest BCUT2D eigenvalue weighted by atomic mass is 19.4. The Bertz CT molecular complexity index is 1360. The van der Waals surface area contributed by atoms with Crippen LogP contribution in [0, 0.1) is 6.92 Å². The zero-order valence-corrected chi connectivity index (χ0v) is 15.0. The molecule has 0 bridgehead atoms. The summed E-state index contributed by atoms with van der Waals surface area (Å²) in [5.74, 6) is 0.538. The SMILES string of the molecule is Cc1onc(-c2ccccc2)c1-c1nnc2c3ccccc3c(C(F)(F)F)nn12. The Morgan fingerprint density at radius 1 is 0.897 bits per heavy atom. The monoisotopic (exact) mass is 395 g/mol. The highest BCUT2D eigenvalue weighted by Crippen LogP contribution is 2.37. The van der Waals surface area contributed by atoms with Gasteiger partial charge in [0, 0.05) is 16.3 Å². The Labute approximate surface area is 161 Å². The summed E-state index contributed by atoms with van der Waals surface area (Å²) in [6.45, 7) is 1.67. The molecule has 0 fully saturated rings. The van der Waals surface area contributed by atoms with Crippen LogP contribution in [0.2, 0.25) is 0 Å². The first-order valence-electron chi connectivity index (χ1n) is 8.68. The third-order valence-corrected chi connectivity index (χ3v) is 4.67. The van der Waals surface area contributed by atoms with Crippen molar-refractivity contribution >= 4 is 16.4 Å². The van der Waals surface area contributed by atoms with Crippen LogP contribution >= 0.6 is 0 Å². The van der Waals surface area contributed by atoms with Crippen molar-refractivity contribution in [2.24, 2.45) is 0 Å². The van der Waals surface area contributed by atoms with Gasteiger partial charge in [0.15, 0.2) is 17.2 Å². The Morgan fingerprint density at radius 3 is 2.31 bits per heavy atom. The van der Waals surface area contributed by atoms with E-state index in [-0.39, 0.29) is 16.9 Å². The van der Waals surface area contributed by atoms with E-state index in [1.54, 1.807) is 19.1 Å². The lowest BCUT2D eigenvalue weighted by Crippen LogP contribution is -2.12. The summed E-state index contributed by atoms with van der Waals surface area (Å²) in [6.07, 6.45) is -4.64. The maximum absolute atomic E-state index is 13.7. The molecule has 0 radical (unpaired) electrons. The first-order chi connectivity index (χ1) is 13.9. The fourth-order valence-corrected chi connectivity index (χ4v) is 3.37. The summed E-state index contributed by atoms with van der Waals surface area (Å²) < 4.78 is 47.5. The number of aromatic nitrogens is 5. The molecule has 5 aromatic rings. The lowest BCUT2D eigenvalue weighted by molar-refractivity contribution is -0.140. The van der Waals surface area contributed by atoms with Gasteiger partial charge in [0.1, 0.15) is 11.5 Å². The van der Waals surface area contributed by atoms with E-state index in [2.05, 4.69) is 20.5 Å². The van der Waals surface area contributed by atoms with Crippen LogP contribution in [0.15, 0.2) is 59.1 Å². The number of hydrogen-bond donors (Lipinski definition) is 0. The van der Waals surface area contributed by atoms with E-state index in [1.807, 2.05) is 30.3 Å². The van der Waals surface area contributed by atoms with Gasteiger partial charge in [-0.2, -0.15) is 22.8 Å². The molecule has 0 aliphatic rings. The van der Waals surface area contributed by atoms with E-state index in [4.69, 9.17) is 4.52 Å². The average Bonchev–Trinajstić information content (AvgIpc) is 3.30. The predicted molar refractivity (Wildman–Crippen MR) is 99.0 cm³/mol. The Balaban J connectivity index is 1.86. The van der Waals surface area contributed by atoms with Crippen LogP contribution in [0.3, 0.4) is 0 Å². The van der Waals surface area contributed by atoms with Gasteiger partial charge in [0.05, 0.1) is 5.56 Å². The van der Waals surface area contributed by atoms with Gasteiger partial charge in [-0.05, 0) is 6.92 Å².